The highest BCUT2D eigenvalue weighted by Crippen LogP contribution is 2.36. The molecule has 0 amide bonds. The fraction of sp³-hybridized carbons (Fsp3) is 0. The van der Waals surface area contributed by atoms with Gasteiger partial charge in [-0.15, -0.1) is 0 Å². The van der Waals surface area contributed by atoms with Crippen molar-refractivity contribution in [3.8, 4) is 22.3 Å². The van der Waals surface area contributed by atoms with Gasteiger partial charge >= 0.3 is 0 Å². The quantitative estimate of drug-likeness (QED) is 0.173. The molecule has 54 heavy (non-hydrogen) atoms. The van der Waals surface area contributed by atoms with Crippen molar-refractivity contribution in [3.63, 3.8) is 0 Å². The highest BCUT2D eigenvalue weighted by atomic mass is 16.3. The van der Waals surface area contributed by atoms with Crippen molar-refractivity contribution in [3.05, 3.63) is 236 Å². The smallest absolute Gasteiger partial charge is 0.143 e. The van der Waals surface area contributed by atoms with Gasteiger partial charge in [0.2, 0.25) is 0 Å². The zero-order valence-electron chi connectivity index (χ0n) is 29.7. The first-order chi connectivity index (χ1) is 26.8. The molecule has 256 valence electrons. The molecule has 8 aromatic rings. The van der Waals surface area contributed by atoms with Crippen LogP contribution in [0, 0.1) is 0 Å². The van der Waals surface area contributed by atoms with Crippen molar-refractivity contribution in [2.45, 2.75) is 0 Å². The third-order valence-electron chi connectivity index (χ3n) is 9.94. The second kappa shape index (κ2) is 14.8. The van der Waals surface area contributed by atoms with Crippen molar-refractivity contribution < 1.29 is 4.42 Å². The SMILES string of the molecule is C1=C\C=C(c2cccc3c2oc2ccccc23)/C=C/C=C/C(N(c2ccc(-c3ccccc3)cc2)c2ccc(-c3ccc4ccccc4c3)cc2)=C\C=C/1. The molecular formula is C52H37NO. The van der Waals surface area contributed by atoms with Crippen molar-refractivity contribution in [2.24, 2.45) is 0 Å². The minimum Gasteiger partial charge on any atom is -0.455 e. The highest BCUT2D eigenvalue weighted by molar-refractivity contribution is 6.08. The van der Waals surface area contributed by atoms with Crippen LogP contribution in [0.4, 0.5) is 11.4 Å². The maximum absolute atomic E-state index is 6.40. The second-order valence-corrected chi connectivity index (χ2v) is 13.3. The van der Waals surface area contributed by atoms with Gasteiger partial charge in [-0.2, -0.15) is 0 Å². The number of para-hydroxylation sites is 2. The topological polar surface area (TPSA) is 16.4 Å². The van der Waals surface area contributed by atoms with Crippen LogP contribution in [-0.4, -0.2) is 0 Å². The molecule has 0 saturated carbocycles. The van der Waals surface area contributed by atoms with Gasteiger partial charge in [0.25, 0.3) is 0 Å². The van der Waals surface area contributed by atoms with Crippen LogP contribution in [0.3, 0.4) is 0 Å². The molecule has 0 atom stereocenters. The summed E-state index contributed by atoms with van der Waals surface area (Å²) in [5.41, 5.74) is 11.8. The van der Waals surface area contributed by atoms with E-state index in [9.17, 15) is 0 Å². The van der Waals surface area contributed by atoms with Gasteiger partial charge in [-0.1, -0.05) is 176 Å². The van der Waals surface area contributed by atoms with Gasteiger partial charge in [0.1, 0.15) is 11.2 Å². The number of fused-ring (bicyclic) bond motifs is 4. The van der Waals surface area contributed by atoms with E-state index in [1.54, 1.807) is 0 Å². The molecule has 1 aromatic heterocycles. The Morgan fingerprint density at radius 1 is 0.389 bits per heavy atom. The normalized spacial score (nSPS) is 17.4. The van der Waals surface area contributed by atoms with Crippen molar-refractivity contribution >= 4 is 49.7 Å². The molecule has 2 heteroatoms. The Morgan fingerprint density at radius 3 is 1.80 bits per heavy atom. The van der Waals surface area contributed by atoms with E-state index in [0.717, 1.165) is 50.1 Å². The lowest BCUT2D eigenvalue weighted by Gasteiger charge is -2.27. The molecule has 0 fully saturated rings. The minimum absolute atomic E-state index is 0.896. The largest absolute Gasteiger partial charge is 0.455 e. The maximum atomic E-state index is 6.40. The molecular weight excluding hydrogens is 655 g/mol. The summed E-state index contributed by atoms with van der Waals surface area (Å²) in [4.78, 5) is 2.31. The number of hydrogen-bond acceptors (Lipinski definition) is 2. The molecule has 0 bridgehead atoms. The molecule has 0 unspecified atom stereocenters. The Bertz CT molecular complexity index is 2790. The molecule has 0 spiro atoms. The lowest BCUT2D eigenvalue weighted by Crippen LogP contribution is -2.15. The number of rotatable bonds is 6. The number of allylic oxidation sites excluding steroid dienone is 11. The molecule has 1 aliphatic carbocycles. The van der Waals surface area contributed by atoms with E-state index in [0.29, 0.717) is 0 Å². The molecule has 0 saturated heterocycles. The van der Waals surface area contributed by atoms with Crippen LogP contribution in [0.1, 0.15) is 5.56 Å². The lowest BCUT2D eigenvalue weighted by molar-refractivity contribution is 0.668. The Labute approximate surface area is 315 Å². The molecule has 7 aromatic carbocycles. The Balaban J connectivity index is 1.09. The van der Waals surface area contributed by atoms with Gasteiger partial charge in [0.05, 0.1) is 0 Å². The number of hydrogen-bond donors (Lipinski definition) is 0. The van der Waals surface area contributed by atoms with Crippen LogP contribution in [0.25, 0.3) is 60.5 Å². The van der Waals surface area contributed by atoms with Gasteiger partial charge in [-0.25, -0.2) is 0 Å². The summed E-state index contributed by atoms with van der Waals surface area (Å²) in [7, 11) is 0. The standard InChI is InChI=1S/C52H37NO/c1-2-7-21-45(22-11-10-19-42(18-4-1)48-24-14-25-50-49-23-12-13-26-51(49)54-52(48)50)53(46-33-29-40(30-34-46)38-15-5-3-6-16-38)47-35-31-41(32-36-47)44-28-27-39-17-8-9-20-43(39)37-44/h1-37H/b2-1?,4-1-,7-2-,11-10?,18-4?,19-10+,21-7?,22-11+,42-18+,42-19?,45-21+,45-22?. The number of furan rings is 1. The average molecular weight is 692 g/mol. The van der Waals surface area contributed by atoms with Crippen LogP contribution >= 0.6 is 0 Å². The van der Waals surface area contributed by atoms with Crippen LogP contribution < -0.4 is 4.90 Å². The second-order valence-electron chi connectivity index (χ2n) is 13.3. The summed E-state index contributed by atoms with van der Waals surface area (Å²) in [6.07, 6.45) is 21.2. The minimum atomic E-state index is 0.896. The van der Waals surface area contributed by atoms with E-state index >= 15 is 0 Å². The first-order valence-corrected chi connectivity index (χ1v) is 18.3. The summed E-state index contributed by atoms with van der Waals surface area (Å²) < 4.78 is 6.40. The summed E-state index contributed by atoms with van der Waals surface area (Å²) in [5, 5.41) is 4.73. The van der Waals surface area contributed by atoms with Gasteiger partial charge in [0, 0.05) is 33.4 Å². The molecule has 1 heterocycles. The highest BCUT2D eigenvalue weighted by Gasteiger charge is 2.15. The van der Waals surface area contributed by atoms with E-state index in [1.807, 2.05) is 12.1 Å². The van der Waals surface area contributed by atoms with E-state index in [-0.39, 0.29) is 0 Å². The maximum Gasteiger partial charge on any atom is 0.143 e. The first-order valence-electron chi connectivity index (χ1n) is 18.3. The van der Waals surface area contributed by atoms with Gasteiger partial charge in [-0.05, 0) is 87.1 Å². The van der Waals surface area contributed by atoms with Gasteiger partial charge < -0.3 is 9.32 Å². The molecule has 2 nitrogen and oxygen atoms in total. The zero-order valence-corrected chi connectivity index (χ0v) is 29.7. The Morgan fingerprint density at radius 2 is 1.00 bits per heavy atom. The van der Waals surface area contributed by atoms with Crippen molar-refractivity contribution in [1.29, 1.82) is 0 Å². The van der Waals surface area contributed by atoms with Gasteiger partial charge in [-0.3, -0.25) is 0 Å². The van der Waals surface area contributed by atoms with Crippen LogP contribution in [-0.2, 0) is 0 Å². The number of benzene rings is 7. The summed E-state index contributed by atoms with van der Waals surface area (Å²) in [5.74, 6) is 0. The summed E-state index contributed by atoms with van der Waals surface area (Å²) >= 11 is 0. The fourth-order valence-electron chi connectivity index (χ4n) is 7.22. The van der Waals surface area contributed by atoms with E-state index in [2.05, 4.69) is 217 Å². The predicted octanol–water partition coefficient (Wildman–Crippen LogP) is 14.4. The summed E-state index contributed by atoms with van der Waals surface area (Å²) in [6.45, 7) is 0. The molecule has 0 aliphatic heterocycles. The monoisotopic (exact) mass is 691 g/mol. The first kappa shape index (κ1) is 32.7. The third kappa shape index (κ3) is 6.65. The zero-order chi connectivity index (χ0) is 36.1. The van der Waals surface area contributed by atoms with Crippen molar-refractivity contribution in [2.75, 3.05) is 4.90 Å². The summed E-state index contributed by atoms with van der Waals surface area (Å²) in [6, 6.07) is 58.0. The van der Waals surface area contributed by atoms with Crippen molar-refractivity contribution in [1.82, 2.24) is 0 Å². The molecule has 0 radical (unpaired) electrons. The van der Waals surface area contributed by atoms with E-state index < -0.39 is 0 Å². The van der Waals surface area contributed by atoms with E-state index in [1.165, 1.54) is 33.0 Å². The Kier molecular flexibility index (Phi) is 8.99. The third-order valence-corrected chi connectivity index (χ3v) is 9.94. The van der Waals surface area contributed by atoms with E-state index in [4.69, 9.17) is 4.42 Å². The lowest BCUT2D eigenvalue weighted by atomic mass is 10.0. The number of anilines is 2. The fourth-order valence-corrected chi connectivity index (χ4v) is 7.22. The number of nitrogens with zero attached hydrogens (tertiary/aromatic N) is 1. The Hall–Kier alpha value is -7.16. The van der Waals surface area contributed by atoms with Crippen LogP contribution in [0.15, 0.2) is 235 Å². The molecule has 9 rings (SSSR count). The average Bonchev–Trinajstić information content (AvgIpc) is 3.62. The van der Waals surface area contributed by atoms with Gasteiger partial charge in [0.15, 0.2) is 0 Å². The molecule has 1 aliphatic rings. The predicted molar refractivity (Wildman–Crippen MR) is 230 cm³/mol. The molecule has 0 N–H and O–H groups in total. The van der Waals surface area contributed by atoms with Crippen LogP contribution in [0.5, 0.6) is 0 Å². The van der Waals surface area contributed by atoms with Crippen LogP contribution in [0.2, 0.25) is 0 Å².